The van der Waals surface area contributed by atoms with E-state index in [-0.39, 0.29) is 11.7 Å². The summed E-state index contributed by atoms with van der Waals surface area (Å²) in [7, 11) is 0. The molecule has 0 radical (unpaired) electrons. The molecule has 1 aliphatic carbocycles. The second-order valence-corrected chi connectivity index (χ2v) is 8.36. The maximum Gasteiger partial charge on any atom is 0.349 e. The van der Waals surface area contributed by atoms with Gasteiger partial charge in [0.1, 0.15) is 0 Å². The van der Waals surface area contributed by atoms with Crippen molar-refractivity contribution in [2.75, 3.05) is 11.4 Å². The average Bonchev–Trinajstić information content (AvgIpc) is 2.89. The first-order chi connectivity index (χ1) is 15.0. The summed E-state index contributed by atoms with van der Waals surface area (Å²) < 4.78 is 0. The summed E-state index contributed by atoms with van der Waals surface area (Å²) in [6, 6.07) is 12.1. The van der Waals surface area contributed by atoms with Gasteiger partial charge in [0.15, 0.2) is 0 Å². The Morgan fingerprint density at radius 3 is 2.45 bits per heavy atom. The van der Waals surface area contributed by atoms with Crippen molar-refractivity contribution in [1.82, 2.24) is 5.01 Å². The molecular weight excluding hydrogens is 392 g/mol. The number of rotatable bonds is 5. The van der Waals surface area contributed by atoms with Crippen LogP contribution < -0.4 is 4.90 Å². The predicted octanol–water partition coefficient (Wildman–Crippen LogP) is 6.17. The van der Waals surface area contributed by atoms with E-state index in [0.29, 0.717) is 18.2 Å². The summed E-state index contributed by atoms with van der Waals surface area (Å²) in [5.41, 5.74) is 4.40. The number of hydrogen-bond donors (Lipinski definition) is 0. The van der Waals surface area contributed by atoms with E-state index in [1.807, 2.05) is 19.9 Å². The highest BCUT2D eigenvalue weighted by Crippen LogP contribution is 2.38. The van der Waals surface area contributed by atoms with Crippen LogP contribution in [0.1, 0.15) is 56.6 Å². The number of aryl methyl sites for hydroxylation is 1. The lowest BCUT2D eigenvalue weighted by atomic mass is 9.82. The number of nitro benzene ring substituents is 1. The van der Waals surface area contributed by atoms with Crippen molar-refractivity contribution in [2.24, 2.45) is 11.0 Å². The fourth-order valence-electron chi connectivity index (χ4n) is 4.50. The SMILES string of the molecule is CCCN1N=C(C2CCCCC2)c2ccc(C)cc2N(c2ccc([N+](=O)[O-])cc2)C1=O. The van der Waals surface area contributed by atoms with E-state index in [0.717, 1.165) is 41.8 Å². The van der Waals surface area contributed by atoms with Crippen LogP contribution in [0.15, 0.2) is 47.6 Å². The lowest BCUT2D eigenvalue weighted by Crippen LogP contribution is -2.37. The molecule has 2 amide bonds. The minimum atomic E-state index is -0.431. The zero-order chi connectivity index (χ0) is 22.0. The standard InChI is InChI=1S/C24H28N4O3/c1-3-15-26-24(29)27(19-10-12-20(13-11-19)28(30)31)22-16-17(2)9-14-21(22)23(25-26)18-7-5-4-6-8-18/h9-14,16,18H,3-8,15H2,1-2H3. The Hall–Kier alpha value is -3.22. The second-order valence-electron chi connectivity index (χ2n) is 8.36. The number of hydrogen-bond acceptors (Lipinski definition) is 4. The molecular formula is C24H28N4O3. The van der Waals surface area contributed by atoms with Gasteiger partial charge in [0, 0.05) is 30.2 Å². The third-order valence-electron chi connectivity index (χ3n) is 6.06. The van der Waals surface area contributed by atoms with Crippen molar-refractivity contribution < 1.29 is 9.72 Å². The number of benzene rings is 2. The smallest absolute Gasteiger partial charge is 0.261 e. The fraction of sp³-hybridized carbons (Fsp3) is 0.417. The van der Waals surface area contributed by atoms with Crippen LogP contribution in [0.2, 0.25) is 0 Å². The third kappa shape index (κ3) is 4.17. The van der Waals surface area contributed by atoms with Crippen LogP contribution in [0, 0.1) is 23.0 Å². The topological polar surface area (TPSA) is 79.1 Å². The quantitative estimate of drug-likeness (QED) is 0.428. The van der Waals surface area contributed by atoms with Crippen molar-refractivity contribution in [3.63, 3.8) is 0 Å². The summed E-state index contributed by atoms with van der Waals surface area (Å²) in [6.45, 7) is 4.55. The molecule has 7 nitrogen and oxygen atoms in total. The molecule has 1 fully saturated rings. The van der Waals surface area contributed by atoms with Crippen molar-refractivity contribution >= 4 is 28.8 Å². The first kappa shape index (κ1) is 21.0. The van der Waals surface area contributed by atoms with Gasteiger partial charge >= 0.3 is 6.03 Å². The summed E-state index contributed by atoms with van der Waals surface area (Å²) >= 11 is 0. The van der Waals surface area contributed by atoms with Gasteiger partial charge in [-0.15, -0.1) is 0 Å². The molecule has 0 saturated heterocycles. The summed E-state index contributed by atoms with van der Waals surface area (Å²) in [4.78, 5) is 26.0. The molecule has 0 atom stereocenters. The predicted molar refractivity (Wildman–Crippen MR) is 122 cm³/mol. The third-order valence-corrected chi connectivity index (χ3v) is 6.06. The number of amides is 2. The number of urea groups is 1. The zero-order valence-electron chi connectivity index (χ0n) is 18.1. The van der Waals surface area contributed by atoms with Crippen LogP contribution in [-0.2, 0) is 0 Å². The first-order valence-corrected chi connectivity index (χ1v) is 11.0. The molecule has 1 heterocycles. The number of fused-ring (bicyclic) bond motifs is 1. The maximum atomic E-state index is 13.7. The molecule has 0 N–H and O–H groups in total. The van der Waals surface area contributed by atoms with Gasteiger partial charge in [0.05, 0.1) is 22.0 Å². The number of hydrazone groups is 1. The number of carbonyl (C=O) groups excluding carboxylic acids is 1. The van der Waals surface area contributed by atoms with Gasteiger partial charge in [0.25, 0.3) is 5.69 Å². The second kappa shape index (κ2) is 8.88. The van der Waals surface area contributed by atoms with E-state index < -0.39 is 4.92 Å². The van der Waals surface area contributed by atoms with E-state index >= 15 is 0 Å². The van der Waals surface area contributed by atoms with Crippen LogP contribution >= 0.6 is 0 Å². The highest BCUT2D eigenvalue weighted by molar-refractivity contribution is 6.13. The summed E-state index contributed by atoms with van der Waals surface area (Å²) in [5.74, 6) is 0.333. The first-order valence-electron chi connectivity index (χ1n) is 11.0. The molecule has 0 aromatic heterocycles. The van der Waals surface area contributed by atoms with Gasteiger partial charge in [-0.25, -0.2) is 9.80 Å². The van der Waals surface area contributed by atoms with E-state index in [1.54, 1.807) is 22.0 Å². The molecule has 2 aliphatic rings. The Balaban J connectivity index is 1.87. The number of nitrogens with zero attached hydrogens (tertiary/aromatic N) is 4. The van der Waals surface area contributed by atoms with E-state index in [2.05, 4.69) is 12.1 Å². The normalized spacial score (nSPS) is 17.2. The Bertz CT molecular complexity index is 1010. The van der Waals surface area contributed by atoms with Gasteiger partial charge < -0.3 is 0 Å². The lowest BCUT2D eigenvalue weighted by Gasteiger charge is -2.27. The molecule has 0 bridgehead atoms. The lowest BCUT2D eigenvalue weighted by molar-refractivity contribution is -0.384. The largest absolute Gasteiger partial charge is 0.349 e. The van der Waals surface area contributed by atoms with Crippen LogP contribution in [0.25, 0.3) is 0 Å². The average molecular weight is 421 g/mol. The number of nitro groups is 1. The molecule has 0 spiro atoms. The molecule has 2 aromatic rings. The van der Waals surface area contributed by atoms with E-state index in [4.69, 9.17) is 5.10 Å². The minimum absolute atomic E-state index is 0.0000422. The van der Waals surface area contributed by atoms with Gasteiger partial charge in [-0.2, -0.15) is 5.10 Å². The molecule has 2 aromatic carbocycles. The van der Waals surface area contributed by atoms with Gasteiger partial charge in [0.2, 0.25) is 0 Å². The van der Waals surface area contributed by atoms with Crippen molar-refractivity contribution in [3.05, 3.63) is 63.7 Å². The maximum absolute atomic E-state index is 13.7. The fourth-order valence-corrected chi connectivity index (χ4v) is 4.50. The molecule has 1 saturated carbocycles. The molecule has 31 heavy (non-hydrogen) atoms. The van der Waals surface area contributed by atoms with Gasteiger partial charge in [-0.3, -0.25) is 15.0 Å². The number of anilines is 2. The zero-order valence-corrected chi connectivity index (χ0v) is 18.1. The Kier molecular flexibility index (Phi) is 6.02. The summed E-state index contributed by atoms with van der Waals surface area (Å²) in [5, 5.41) is 17.6. The van der Waals surface area contributed by atoms with Crippen molar-refractivity contribution in [3.8, 4) is 0 Å². The monoisotopic (exact) mass is 420 g/mol. The molecule has 0 unspecified atom stereocenters. The number of carbonyl (C=O) groups is 1. The van der Waals surface area contributed by atoms with Crippen LogP contribution in [0.4, 0.5) is 21.9 Å². The molecule has 7 heteroatoms. The highest BCUT2D eigenvalue weighted by atomic mass is 16.6. The van der Waals surface area contributed by atoms with E-state index in [9.17, 15) is 14.9 Å². The van der Waals surface area contributed by atoms with Gasteiger partial charge in [-0.1, -0.05) is 38.3 Å². The minimum Gasteiger partial charge on any atom is -0.261 e. The van der Waals surface area contributed by atoms with Crippen LogP contribution in [0.5, 0.6) is 0 Å². The Morgan fingerprint density at radius 2 is 1.81 bits per heavy atom. The Labute approximate surface area is 182 Å². The van der Waals surface area contributed by atoms with E-state index in [1.165, 1.54) is 31.4 Å². The van der Waals surface area contributed by atoms with Gasteiger partial charge in [-0.05, 0) is 49.9 Å². The molecule has 1 aliphatic heterocycles. The van der Waals surface area contributed by atoms with Crippen molar-refractivity contribution in [1.29, 1.82) is 0 Å². The highest BCUT2D eigenvalue weighted by Gasteiger charge is 2.34. The Morgan fingerprint density at radius 1 is 1.10 bits per heavy atom. The molecule has 162 valence electrons. The summed E-state index contributed by atoms with van der Waals surface area (Å²) in [6.07, 6.45) is 6.56. The number of non-ortho nitro benzene ring substituents is 1. The van der Waals surface area contributed by atoms with Crippen LogP contribution in [-0.4, -0.2) is 28.2 Å². The van der Waals surface area contributed by atoms with Crippen LogP contribution in [0.3, 0.4) is 0 Å². The molecule has 4 rings (SSSR count). The van der Waals surface area contributed by atoms with Crippen molar-refractivity contribution in [2.45, 2.75) is 52.4 Å².